The van der Waals surface area contributed by atoms with E-state index < -0.39 is 10.0 Å². The SMILES string of the molecule is Cc1ccc(NS(=O)(=O)CC2CCCCC2)cc1O. The Labute approximate surface area is 114 Å². The summed E-state index contributed by atoms with van der Waals surface area (Å²) >= 11 is 0. The van der Waals surface area contributed by atoms with Gasteiger partial charge in [0.2, 0.25) is 10.0 Å². The van der Waals surface area contributed by atoms with Crippen LogP contribution >= 0.6 is 0 Å². The maximum absolute atomic E-state index is 12.1. The summed E-state index contributed by atoms with van der Waals surface area (Å²) in [6, 6.07) is 4.83. The highest BCUT2D eigenvalue weighted by Gasteiger charge is 2.21. The third-order valence-corrected chi connectivity index (χ3v) is 5.12. The molecule has 1 saturated carbocycles. The lowest BCUT2D eigenvalue weighted by atomic mass is 9.91. The zero-order valence-electron chi connectivity index (χ0n) is 11.2. The highest BCUT2D eigenvalue weighted by atomic mass is 32.2. The van der Waals surface area contributed by atoms with Crippen LogP contribution < -0.4 is 4.72 Å². The Morgan fingerprint density at radius 3 is 2.58 bits per heavy atom. The van der Waals surface area contributed by atoms with Gasteiger partial charge in [0.15, 0.2) is 0 Å². The van der Waals surface area contributed by atoms with Crippen molar-refractivity contribution in [3.05, 3.63) is 23.8 Å². The molecule has 2 rings (SSSR count). The van der Waals surface area contributed by atoms with Gasteiger partial charge in [-0.25, -0.2) is 8.42 Å². The Balaban J connectivity index is 2.01. The first kappa shape index (κ1) is 14.2. The van der Waals surface area contributed by atoms with Crippen molar-refractivity contribution >= 4 is 15.7 Å². The Morgan fingerprint density at radius 2 is 1.95 bits per heavy atom. The first-order valence-electron chi connectivity index (χ1n) is 6.76. The van der Waals surface area contributed by atoms with Crippen LogP contribution in [0.4, 0.5) is 5.69 Å². The monoisotopic (exact) mass is 283 g/mol. The topological polar surface area (TPSA) is 66.4 Å². The fraction of sp³-hybridized carbons (Fsp3) is 0.571. The predicted molar refractivity (Wildman–Crippen MR) is 76.8 cm³/mol. The van der Waals surface area contributed by atoms with E-state index in [9.17, 15) is 13.5 Å². The van der Waals surface area contributed by atoms with Crippen molar-refractivity contribution < 1.29 is 13.5 Å². The van der Waals surface area contributed by atoms with Crippen molar-refractivity contribution in [2.24, 2.45) is 5.92 Å². The van der Waals surface area contributed by atoms with Crippen molar-refractivity contribution in [3.63, 3.8) is 0 Å². The molecule has 4 nitrogen and oxygen atoms in total. The number of hydrogen-bond donors (Lipinski definition) is 2. The van der Waals surface area contributed by atoms with E-state index in [0.29, 0.717) is 5.69 Å². The molecule has 0 atom stereocenters. The van der Waals surface area contributed by atoms with Gasteiger partial charge in [-0.3, -0.25) is 4.72 Å². The Kier molecular flexibility index (Phi) is 4.34. The van der Waals surface area contributed by atoms with Gasteiger partial charge >= 0.3 is 0 Å². The Hall–Kier alpha value is -1.23. The summed E-state index contributed by atoms with van der Waals surface area (Å²) in [6.45, 7) is 1.77. The van der Waals surface area contributed by atoms with E-state index in [2.05, 4.69) is 4.72 Å². The molecule has 0 spiro atoms. The fourth-order valence-electron chi connectivity index (χ4n) is 2.56. The number of phenols is 1. The summed E-state index contributed by atoms with van der Waals surface area (Å²) in [5.74, 6) is 0.560. The number of phenolic OH excluding ortho intramolecular Hbond substituents is 1. The van der Waals surface area contributed by atoms with Gasteiger partial charge in [0, 0.05) is 6.07 Å². The van der Waals surface area contributed by atoms with Crippen LogP contribution in [0.5, 0.6) is 5.75 Å². The van der Waals surface area contributed by atoms with Gasteiger partial charge < -0.3 is 5.11 Å². The molecule has 0 heterocycles. The molecule has 1 aromatic carbocycles. The third kappa shape index (κ3) is 4.13. The minimum atomic E-state index is -3.32. The molecule has 0 radical (unpaired) electrons. The molecule has 1 fully saturated rings. The van der Waals surface area contributed by atoms with Crippen LogP contribution in [0.2, 0.25) is 0 Å². The smallest absolute Gasteiger partial charge is 0.232 e. The third-order valence-electron chi connectivity index (χ3n) is 3.66. The summed E-state index contributed by atoms with van der Waals surface area (Å²) < 4.78 is 26.7. The van der Waals surface area contributed by atoms with E-state index in [1.165, 1.54) is 12.5 Å². The Morgan fingerprint density at radius 1 is 1.26 bits per heavy atom. The minimum absolute atomic E-state index is 0.109. The predicted octanol–water partition coefficient (Wildman–Crippen LogP) is 3.02. The highest BCUT2D eigenvalue weighted by Crippen LogP contribution is 2.26. The van der Waals surface area contributed by atoms with Crippen molar-refractivity contribution in [2.45, 2.75) is 39.0 Å². The largest absolute Gasteiger partial charge is 0.508 e. The van der Waals surface area contributed by atoms with Crippen LogP contribution in [-0.4, -0.2) is 19.3 Å². The molecule has 0 aliphatic heterocycles. The van der Waals surface area contributed by atoms with E-state index in [0.717, 1.165) is 31.2 Å². The van der Waals surface area contributed by atoms with Crippen LogP contribution in [-0.2, 0) is 10.0 Å². The van der Waals surface area contributed by atoms with E-state index in [1.54, 1.807) is 19.1 Å². The number of aromatic hydroxyl groups is 1. The molecule has 19 heavy (non-hydrogen) atoms. The van der Waals surface area contributed by atoms with Crippen molar-refractivity contribution in [2.75, 3.05) is 10.5 Å². The summed E-state index contributed by atoms with van der Waals surface area (Å²) in [5.41, 5.74) is 1.16. The number of rotatable bonds is 4. The van der Waals surface area contributed by atoms with Crippen LogP contribution in [0.3, 0.4) is 0 Å². The van der Waals surface area contributed by atoms with Crippen LogP contribution in [0.15, 0.2) is 18.2 Å². The van der Waals surface area contributed by atoms with E-state index in [1.807, 2.05) is 0 Å². The van der Waals surface area contributed by atoms with Crippen LogP contribution in [0.25, 0.3) is 0 Å². The number of hydrogen-bond acceptors (Lipinski definition) is 3. The van der Waals surface area contributed by atoms with Crippen molar-refractivity contribution in [1.82, 2.24) is 0 Å². The minimum Gasteiger partial charge on any atom is -0.508 e. The zero-order valence-corrected chi connectivity index (χ0v) is 12.0. The lowest BCUT2D eigenvalue weighted by Crippen LogP contribution is -2.24. The standard InChI is InChI=1S/C14H21NO3S/c1-11-7-8-13(9-14(11)16)15-19(17,18)10-12-5-3-2-4-6-12/h7-9,12,15-16H,2-6,10H2,1H3. The lowest BCUT2D eigenvalue weighted by Gasteiger charge is -2.21. The maximum atomic E-state index is 12.1. The molecule has 5 heteroatoms. The average molecular weight is 283 g/mol. The molecule has 0 amide bonds. The second-order valence-corrected chi connectivity index (χ2v) is 7.16. The number of aryl methyl sites for hydroxylation is 1. The Bertz CT molecular complexity index is 534. The normalized spacial score (nSPS) is 17.3. The average Bonchev–Trinajstić information content (AvgIpc) is 2.34. The van der Waals surface area contributed by atoms with Gasteiger partial charge in [-0.2, -0.15) is 0 Å². The van der Waals surface area contributed by atoms with E-state index in [-0.39, 0.29) is 17.4 Å². The first-order valence-corrected chi connectivity index (χ1v) is 8.41. The number of nitrogens with one attached hydrogen (secondary N) is 1. The van der Waals surface area contributed by atoms with Crippen molar-refractivity contribution in [3.8, 4) is 5.75 Å². The summed E-state index contributed by atoms with van der Waals surface area (Å²) in [6.07, 6.45) is 5.48. The van der Waals surface area contributed by atoms with E-state index in [4.69, 9.17) is 0 Å². The molecule has 106 valence electrons. The summed E-state index contributed by atoms with van der Waals surface area (Å²) in [5, 5.41) is 9.58. The van der Waals surface area contributed by atoms with Gasteiger partial charge in [0.1, 0.15) is 5.75 Å². The van der Waals surface area contributed by atoms with Gasteiger partial charge in [0.25, 0.3) is 0 Å². The molecule has 2 N–H and O–H groups in total. The fourth-order valence-corrected chi connectivity index (χ4v) is 4.08. The molecule has 1 aliphatic carbocycles. The lowest BCUT2D eigenvalue weighted by molar-refractivity contribution is 0.385. The molecule has 0 unspecified atom stereocenters. The second kappa shape index (κ2) is 5.82. The summed E-state index contributed by atoms with van der Waals surface area (Å²) in [7, 11) is -3.32. The zero-order chi connectivity index (χ0) is 13.9. The second-order valence-electron chi connectivity index (χ2n) is 5.39. The highest BCUT2D eigenvalue weighted by molar-refractivity contribution is 7.92. The molecular weight excluding hydrogens is 262 g/mol. The quantitative estimate of drug-likeness (QED) is 0.892. The molecule has 0 saturated heterocycles. The van der Waals surface area contributed by atoms with Gasteiger partial charge in [-0.05, 0) is 37.3 Å². The van der Waals surface area contributed by atoms with Crippen LogP contribution in [0, 0.1) is 12.8 Å². The van der Waals surface area contributed by atoms with E-state index >= 15 is 0 Å². The number of sulfonamides is 1. The molecule has 1 aromatic rings. The molecule has 0 aromatic heterocycles. The van der Waals surface area contributed by atoms with Gasteiger partial charge in [-0.1, -0.05) is 25.3 Å². The first-order chi connectivity index (χ1) is 8.96. The maximum Gasteiger partial charge on any atom is 0.232 e. The van der Waals surface area contributed by atoms with Crippen LogP contribution in [0.1, 0.15) is 37.7 Å². The summed E-state index contributed by atoms with van der Waals surface area (Å²) in [4.78, 5) is 0. The number of benzene rings is 1. The molecular formula is C14H21NO3S. The van der Waals surface area contributed by atoms with Gasteiger partial charge in [0.05, 0.1) is 11.4 Å². The van der Waals surface area contributed by atoms with Crippen molar-refractivity contribution in [1.29, 1.82) is 0 Å². The molecule has 1 aliphatic rings. The molecule has 0 bridgehead atoms. The van der Waals surface area contributed by atoms with Gasteiger partial charge in [-0.15, -0.1) is 0 Å². The number of anilines is 1.